The highest BCUT2D eigenvalue weighted by Gasteiger charge is 2.32. The van der Waals surface area contributed by atoms with E-state index in [0.29, 0.717) is 26.1 Å². The first kappa shape index (κ1) is 17.9. The Labute approximate surface area is 148 Å². The van der Waals surface area contributed by atoms with Crippen molar-refractivity contribution < 1.29 is 14.0 Å². The van der Waals surface area contributed by atoms with E-state index in [0.717, 1.165) is 31.5 Å². The summed E-state index contributed by atoms with van der Waals surface area (Å²) in [6.07, 6.45) is 2.40. The maximum absolute atomic E-state index is 13.3. The van der Waals surface area contributed by atoms with Crippen LogP contribution in [0.15, 0.2) is 24.3 Å². The normalized spacial score (nSPS) is 22.8. The molecular formula is C19H26FN3O2. The molecule has 0 bridgehead atoms. The van der Waals surface area contributed by atoms with E-state index in [4.69, 9.17) is 0 Å². The minimum Gasteiger partial charge on any atom is -0.340 e. The number of carbonyl (C=O) groups excluding carboxylic acids is 2. The maximum atomic E-state index is 13.3. The number of hydrogen-bond acceptors (Lipinski definition) is 3. The van der Waals surface area contributed by atoms with Crippen molar-refractivity contribution in [2.75, 3.05) is 32.7 Å². The molecule has 2 atom stereocenters. The predicted molar refractivity (Wildman–Crippen MR) is 93.5 cm³/mol. The van der Waals surface area contributed by atoms with Gasteiger partial charge < -0.3 is 15.1 Å². The van der Waals surface area contributed by atoms with Crippen molar-refractivity contribution in [3.8, 4) is 0 Å². The molecule has 0 spiro atoms. The maximum Gasteiger partial charge on any atom is 0.236 e. The molecule has 0 aliphatic carbocycles. The summed E-state index contributed by atoms with van der Waals surface area (Å²) < 4.78 is 13.3. The lowest BCUT2D eigenvalue weighted by Gasteiger charge is -2.41. The van der Waals surface area contributed by atoms with E-state index in [1.807, 2.05) is 22.8 Å². The lowest BCUT2D eigenvalue weighted by Crippen LogP contribution is -2.58. The molecule has 0 aromatic heterocycles. The molecular weight excluding hydrogens is 321 g/mol. The molecule has 2 amide bonds. The first-order valence-corrected chi connectivity index (χ1v) is 9.08. The van der Waals surface area contributed by atoms with E-state index in [9.17, 15) is 14.0 Å². The average molecular weight is 347 g/mol. The van der Waals surface area contributed by atoms with Gasteiger partial charge in [-0.1, -0.05) is 19.1 Å². The van der Waals surface area contributed by atoms with Gasteiger partial charge in [-0.25, -0.2) is 4.39 Å². The Hall–Kier alpha value is -1.95. The molecule has 1 aromatic carbocycles. The van der Waals surface area contributed by atoms with Crippen LogP contribution < -0.4 is 5.32 Å². The van der Waals surface area contributed by atoms with Crippen LogP contribution in [0.3, 0.4) is 0 Å². The number of halogens is 1. The smallest absolute Gasteiger partial charge is 0.236 e. The second-order valence-electron chi connectivity index (χ2n) is 7.08. The summed E-state index contributed by atoms with van der Waals surface area (Å²) in [5, 5.41) is 3.09. The predicted octanol–water partition coefficient (Wildman–Crippen LogP) is 1.43. The molecule has 3 rings (SSSR count). The van der Waals surface area contributed by atoms with Crippen molar-refractivity contribution in [2.24, 2.45) is 5.92 Å². The van der Waals surface area contributed by atoms with Gasteiger partial charge >= 0.3 is 0 Å². The third-order valence-electron chi connectivity index (χ3n) is 5.13. The van der Waals surface area contributed by atoms with E-state index >= 15 is 0 Å². The van der Waals surface area contributed by atoms with E-state index in [-0.39, 0.29) is 29.6 Å². The van der Waals surface area contributed by atoms with Crippen molar-refractivity contribution in [1.29, 1.82) is 0 Å². The first-order chi connectivity index (χ1) is 12.0. The summed E-state index contributed by atoms with van der Waals surface area (Å²) in [5.74, 6) is -0.249. The summed E-state index contributed by atoms with van der Waals surface area (Å²) in [6.45, 7) is 5.16. The van der Waals surface area contributed by atoms with Crippen molar-refractivity contribution in [3.63, 3.8) is 0 Å². The fraction of sp³-hybridized carbons (Fsp3) is 0.579. The van der Waals surface area contributed by atoms with Gasteiger partial charge in [-0.2, -0.15) is 0 Å². The third kappa shape index (κ3) is 4.37. The van der Waals surface area contributed by atoms with Crippen LogP contribution in [0.4, 0.5) is 4.39 Å². The van der Waals surface area contributed by atoms with Crippen LogP contribution in [-0.4, -0.2) is 60.4 Å². The van der Waals surface area contributed by atoms with Gasteiger partial charge in [-0.05, 0) is 37.0 Å². The number of hydrogen-bond donors (Lipinski definition) is 1. The van der Waals surface area contributed by atoms with Gasteiger partial charge in [-0.15, -0.1) is 0 Å². The highest BCUT2D eigenvalue weighted by atomic mass is 19.1. The number of piperidine rings is 1. The zero-order chi connectivity index (χ0) is 17.8. The average Bonchev–Trinajstić information content (AvgIpc) is 2.61. The number of amides is 2. The Morgan fingerprint density at radius 3 is 3.00 bits per heavy atom. The molecule has 1 aromatic rings. The Morgan fingerprint density at radius 1 is 1.40 bits per heavy atom. The SMILES string of the molecule is CC(Cc1cccc(F)c1)C(=O)N1CCCC(N2CCNCC2=O)C1. The monoisotopic (exact) mass is 347 g/mol. The molecule has 2 heterocycles. The van der Waals surface area contributed by atoms with Crippen LogP contribution in [0.1, 0.15) is 25.3 Å². The highest BCUT2D eigenvalue weighted by molar-refractivity contribution is 5.80. The van der Waals surface area contributed by atoms with E-state index < -0.39 is 0 Å². The van der Waals surface area contributed by atoms with Gasteiger partial charge in [0.1, 0.15) is 5.82 Å². The number of rotatable bonds is 4. The quantitative estimate of drug-likeness (QED) is 0.896. The summed E-state index contributed by atoms with van der Waals surface area (Å²) in [7, 11) is 0. The minimum atomic E-state index is -0.271. The summed E-state index contributed by atoms with van der Waals surface area (Å²) in [6, 6.07) is 6.55. The topological polar surface area (TPSA) is 52.7 Å². The molecule has 2 fully saturated rings. The van der Waals surface area contributed by atoms with Crippen molar-refractivity contribution in [3.05, 3.63) is 35.6 Å². The molecule has 2 saturated heterocycles. The van der Waals surface area contributed by atoms with Crippen molar-refractivity contribution >= 4 is 11.8 Å². The number of carbonyl (C=O) groups is 2. The molecule has 2 aliphatic heterocycles. The number of nitrogens with one attached hydrogen (secondary N) is 1. The Balaban J connectivity index is 1.60. The van der Waals surface area contributed by atoms with E-state index in [1.54, 1.807) is 6.07 Å². The van der Waals surface area contributed by atoms with Crippen LogP contribution in [0.25, 0.3) is 0 Å². The standard InChI is InChI=1S/C19H26FN3O2/c1-14(10-15-4-2-5-16(20)11-15)19(25)22-8-3-6-17(13-22)23-9-7-21-12-18(23)24/h2,4-5,11,14,17,21H,3,6-10,12-13H2,1H3. The number of benzene rings is 1. The summed E-state index contributed by atoms with van der Waals surface area (Å²) >= 11 is 0. The first-order valence-electron chi connectivity index (χ1n) is 9.08. The lowest BCUT2D eigenvalue weighted by molar-refractivity contribution is -0.142. The summed E-state index contributed by atoms with van der Waals surface area (Å²) in [5.41, 5.74) is 0.840. The zero-order valence-corrected chi connectivity index (χ0v) is 14.7. The highest BCUT2D eigenvalue weighted by Crippen LogP contribution is 2.20. The lowest BCUT2D eigenvalue weighted by atomic mass is 9.97. The molecule has 2 aliphatic rings. The minimum absolute atomic E-state index is 0.0940. The van der Waals surface area contributed by atoms with Crippen LogP contribution >= 0.6 is 0 Å². The molecule has 6 heteroatoms. The Morgan fingerprint density at radius 2 is 2.24 bits per heavy atom. The van der Waals surface area contributed by atoms with Gasteiger partial charge in [0.25, 0.3) is 0 Å². The number of piperazine rings is 1. The van der Waals surface area contributed by atoms with Crippen molar-refractivity contribution in [1.82, 2.24) is 15.1 Å². The van der Waals surface area contributed by atoms with Crippen LogP contribution in [-0.2, 0) is 16.0 Å². The second kappa shape index (κ2) is 7.95. The van der Waals surface area contributed by atoms with Crippen LogP contribution in [0.2, 0.25) is 0 Å². The van der Waals surface area contributed by atoms with Gasteiger partial charge in [0, 0.05) is 38.1 Å². The fourth-order valence-corrected chi connectivity index (χ4v) is 3.83. The van der Waals surface area contributed by atoms with Crippen LogP contribution in [0, 0.1) is 11.7 Å². The van der Waals surface area contributed by atoms with Crippen LogP contribution in [0.5, 0.6) is 0 Å². The molecule has 1 N–H and O–H groups in total. The van der Waals surface area contributed by atoms with Crippen molar-refractivity contribution in [2.45, 2.75) is 32.2 Å². The number of nitrogens with zero attached hydrogens (tertiary/aromatic N) is 2. The Bertz CT molecular complexity index is 637. The molecule has 5 nitrogen and oxygen atoms in total. The largest absolute Gasteiger partial charge is 0.340 e. The van der Waals surface area contributed by atoms with Gasteiger partial charge in [0.15, 0.2) is 0 Å². The fourth-order valence-electron chi connectivity index (χ4n) is 3.83. The Kier molecular flexibility index (Phi) is 5.68. The second-order valence-corrected chi connectivity index (χ2v) is 7.08. The van der Waals surface area contributed by atoms with E-state index in [2.05, 4.69) is 5.32 Å². The molecule has 0 saturated carbocycles. The summed E-state index contributed by atoms with van der Waals surface area (Å²) in [4.78, 5) is 28.7. The number of likely N-dealkylation sites (tertiary alicyclic amines) is 1. The van der Waals surface area contributed by atoms with Gasteiger partial charge in [0.05, 0.1) is 6.54 Å². The van der Waals surface area contributed by atoms with Gasteiger partial charge in [-0.3, -0.25) is 9.59 Å². The molecule has 136 valence electrons. The molecule has 25 heavy (non-hydrogen) atoms. The zero-order valence-electron chi connectivity index (χ0n) is 14.7. The van der Waals surface area contributed by atoms with Gasteiger partial charge in [0.2, 0.25) is 11.8 Å². The molecule has 2 unspecified atom stereocenters. The van der Waals surface area contributed by atoms with E-state index in [1.165, 1.54) is 12.1 Å². The third-order valence-corrected chi connectivity index (χ3v) is 5.13. The molecule has 0 radical (unpaired) electrons.